The third-order valence-corrected chi connectivity index (χ3v) is 6.54. The monoisotopic (exact) mass is 486 g/mol. The van der Waals surface area contributed by atoms with Gasteiger partial charge < -0.3 is 9.47 Å². The van der Waals surface area contributed by atoms with Crippen LogP contribution in [0.1, 0.15) is 22.3 Å². The molecule has 0 N–H and O–H groups in total. The Balaban J connectivity index is 1.50. The molecule has 0 amide bonds. The van der Waals surface area contributed by atoms with E-state index >= 15 is 0 Å². The van der Waals surface area contributed by atoms with Crippen molar-refractivity contribution in [3.8, 4) is 28.3 Å². The maximum atomic E-state index is 11.4. The molecule has 1 aromatic heterocycles. The molecule has 3 aromatic carbocycles. The lowest BCUT2D eigenvalue weighted by molar-refractivity contribution is -0.385. The van der Waals surface area contributed by atoms with Crippen molar-refractivity contribution < 1.29 is 14.4 Å². The molecule has 4 aromatic rings. The number of aryl methyl sites for hydroxylation is 2. The summed E-state index contributed by atoms with van der Waals surface area (Å²) in [5.74, 6) is 1.01. The van der Waals surface area contributed by atoms with Crippen LogP contribution < -0.4 is 4.74 Å². The van der Waals surface area contributed by atoms with Crippen LogP contribution in [0.5, 0.6) is 5.75 Å². The zero-order valence-electron chi connectivity index (χ0n) is 19.2. The molecule has 1 aliphatic rings. The van der Waals surface area contributed by atoms with Crippen LogP contribution in [-0.4, -0.2) is 26.9 Å². The maximum Gasteiger partial charge on any atom is 0.270 e. The molecule has 2 heterocycles. The smallest absolute Gasteiger partial charge is 0.270 e. The fraction of sp³-hybridized carbons (Fsp3) is 0.192. The number of hydrogen-bond acceptors (Lipinski definition) is 8. The average Bonchev–Trinajstić information content (AvgIpc) is 2.88. The van der Waals surface area contributed by atoms with Crippen molar-refractivity contribution in [1.29, 1.82) is 0 Å². The number of thioether (sulfide) groups is 1. The van der Waals surface area contributed by atoms with E-state index in [1.807, 2.05) is 62.4 Å². The Kier molecular flexibility index (Phi) is 6.43. The number of rotatable bonds is 6. The second kappa shape index (κ2) is 9.81. The van der Waals surface area contributed by atoms with Gasteiger partial charge in [-0.2, -0.15) is 0 Å². The standard InChI is InChI=1S/C26H22N4O4S/c1-16-3-7-18(8-4-16)23-24(19-9-5-17(2)6-10-19)28-29-26(27-23)35-14-21-12-22(30(31)32)11-20-13-33-15-34-25(20)21/h3-12H,13-15H2,1-2H3. The highest BCUT2D eigenvalue weighted by molar-refractivity contribution is 7.98. The van der Waals surface area contributed by atoms with Gasteiger partial charge in [0, 0.05) is 40.1 Å². The quantitative estimate of drug-likeness (QED) is 0.189. The number of ether oxygens (including phenoxy) is 2. The van der Waals surface area contributed by atoms with E-state index in [-0.39, 0.29) is 19.1 Å². The van der Waals surface area contributed by atoms with Crippen molar-refractivity contribution in [1.82, 2.24) is 15.2 Å². The summed E-state index contributed by atoms with van der Waals surface area (Å²) in [4.78, 5) is 15.9. The highest BCUT2D eigenvalue weighted by Gasteiger charge is 2.22. The molecule has 8 nitrogen and oxygen atoms in total. The summed E-state index contributed by atoms with van der Waals surface area (Å²) in [5, 5.41) is 20.8. The first-order valence-corrected chi connectivity index (χ1v) is 12.0. The second-order valence-electron chi connectivity index (χ2n) is 8.27. The van der Waals surface area contributed by atoms with Crippen LogP contribution in [-0.2, 0) is 17.1 Å². The third-order valence-electron chi connectivity index (χ3n) is 5.66. The Hall–Kier alpha value is -3.82. The fourth-order valence-corrected chi connectivity index (χ4v) is 4.58. The number of nitrogens with zero attached hydrogens (tertiary/aromatic N) is 4. The van der Waals surface area contributed by atoms with Crippen LogP contribution in [0, 0.1) is 24.0 Å². The number of benzene rings is 3. The lowest BCUT2D eigenvalue weighted by atomic mass is 10.0. The van der Waals surface area contributed by atoms with Crippen LogP contribution in [0.15, 0.2) is 65.8 Å². The van der Waals surface area contributed by atoms with E-state index in [9.17, 15) is 10.1 Å². The van der Waals surface area contributed by atoms with Crippen LogP contribution in [0.25, 0.3) is 22.5 Å². The van der Waals surface area contributed by atoms with Crippen molar-refractivity contribution >= 4 is 17.4 Å². The van der Waals surface area contributed by atoms with Gasteiger partial charge in [0.25, 0.3) is 5.69 Å². The van der Waals surface area contributed by atoms with E-state index in [2.05, 4.69) is 10.2 Å². The lowest BCUT2D eigenvalue weighted by Gasteiger charge is -2.20. The van der Waals surface area contributed by atoms with Gasteiger partial charge in [0.1, 0.15) is 17.1 Å². The fourth-order valence-electron chi connectivity index (χ4n) is 3.83. The van der Waals surface area contributed by atoms with E-state index in [1.165, 1.54) is 23.9 Å². The van der Waals surface area contributed by atoms with Gasteiger partial charge >= 0.3 is 0 Å². The summed E-state index contributed by atoms with van der Waals surface area (Å²) in [7, 11) is 0. The Bertz CT molecular complexity index is 1390. The molecule has 0 radical (unpaired) electrons. The minimum atomic E-state index is -0.410. The molecule has 0 saturated carbocycles. The molecule has 0 atom stereocenters. The first-order chi connectivity index (χ1) is 17.0. The normalized spacial score (nSPS) is 12.6. The highest BCUT2D eigenvalue weighted by Crippen LogP contribution is 2.36. The Morgan fingerprint density at radius 1 is 0.943 bits per heavy atom. The summed E-state index contributed by atoms with van der Waals surface area (Å²) >= 11 is 1.36. The van der Waals surface area contributed by atoms with Gasteiger partial charge in [-0.1, -0.05) is 71.4 Å². The van der Waals surface area contributed by atoms with E-state index in [4.69, 9.17) is 14.5 Å². The Morgan fingerprint density at radius 2 is 1.60 bits per heavy atom. The molecule has 0 aliphatic carbocycles. The summed E-state index contributed by atoms with van der Waals surface area (Å²) < 4.78 is 11.0. The molecule has 9 heteroatoms. The van der Waals surface area contributed by atoms with Crippen LogP contribution >= 0.6 is 11.8 Å². The molecule has 5 rings (SSSR count). The predicted molar refractivity (Wildman–Crippen MR) is 133 cm³/mol. The van der Waals surface area contributed by atoms with Crippen LogP contribution in [0.4, 0.5) is 5.69 Å². The minimum Gasteiger partial charge on any atom is -0.467 e. The molecule has 176 valence electrons. The summed E-state index contributed by atoms with van der Waals surface area (Å²) in [5.41, 5.74) is 6.99. The number of aromatic nitrogens is 3. The SMILES string of the molecule is Cc1ccc(-c2nnc(SCc3cc([N+](=O)[O-])cc4c3OCOC4)nc2-c2ccc(C)cc2)cc1. The Labute approximate surface area is 206 Å². The van der Waals surface area contributed by atoms with Gasteiger partial charge in [0.15, 0.2) is 6.79 Å². The minimum absolute atomic E-state index is 0.00237. The van der Waals surface area contributed by atoms with Crippen molar-refractivity contribution in [2.24, 2.45) is 0 Å². The van der Waals surface area contributed by atoms with Gasteiger partial charge in [-0.25, -0.2) is 4.98 Å². The topological polar surface area (TPSA) is 100 Å². The number of hydrogen-bond donors (Lipinski definition) is 0. The van der Waals surface area contributed by atoms with E-state index in [0.717, 1.165) is 27.9 Å². The van der Waals surface area contributed by atoms with Crippen molar-refractivity contribution in [3.63, 3.8) is 0 Å². The lowest BCUT2D eigenvalue weighted by Crippen LogP contribution is -2.13. The van der Waals surface area contributed by atoms with E-state index in [0.29, 0.717) is 33.5 Å². The zero-order chi connectivity index (χ0) is 24.4. The van der Waals surface area contributed by atoms with Gasteiger partial charge in [-0.05, 0) is 13.8 Å². The molecule has 1 aliphatic heterocycles. The first kappa shape index (κ1) is 22.9. The number of nitro benzene ring substituents is 1. The average molecular weight is 487 g/mol. The molecule has 0 saturated heterocycles. The van der Waals surface area contributed by atoms with E-state index in [1.54, 1.807) is 0 Å². The summed E-state index contributed by atoms with van der Waals surface area (Å²) in [6.45, 7) is 4.47. The van der Waals surface area contributed by atoms with Crippen molar-refractivity contribution in [3.05, 3.63) is 93.0 Å². The van der Waals surface area contributed by atoms with E-state index < -0.39 is 4.92 Å². The number of fused-ring (bicyclic) bond motifs is 1. The molecule has 0 unspecified atom stereocenters. The molecular weight excluding hydrogens is 464 g/mol. The maximum absolute atomic E-state index is 11.4. The Morgan fingerprint density at radius 3 is 2.26 bits per heavy atom. The van der Waals surface area contributed by atoms with Crippen molar-refractivity contribution in [2.75, 3.05) is 6.79 Å². The summed E-state index contributed by atoms with van der Waals surface area (Å²) in [6.07, 6.45) is 0. The van der Waals surface area contributed by atoms with Gasteiger partial charge in [0.05, 0.1) is 11.5 Å². The van der Waals surface area contributed by atoms with Gasteiger partial charge in [-0.15, -0.1) is 10.2 Å². The number of non-ortho nitro benzene ring substituents is 1. The third kappa shape index (κ3) is 5.01. The van der Waals surface area contributed by atoms with Gasteiger partial charge in [-0.3, -0.25) is 10.1 Å². The number of nitro groups is 1. The van der Waals surface area contributed by atoms with Crippen LogP contribution in [0.3, 0.4) is 0 Å². The molecule has 0 fully saturated rings. The molecular formula is C26H22N4O4S. The zero-order valence-corrected chi connectivity index (χ0v) is 20.0. The largest absolute Gasteiger partial charge is 0.467 e. The highest BCUT2D eigenvalue weighted by atomic mass is 32.2. The first-order valence-electron chi connectivity index (χ1n) is 11.0. The second-order valence-corrected chi connectivity index (χ2v) is 9.22. The van der Waals surface area contributed by atoms with Gasteiger partial charge in [0.2, 0.25) is 5.16 Å². The molecule has 0 bridgehead atoms. The molecule has 0 spiro atoms. The predicted octanol–water partition coefficient (Wildman–Crippen LogP) is 5.89. The van der Waals surface area contributed by atoms with Crippen LogP contribution in [0.2, 0.25) is 0 Å². The van der Waals surface area contributed by atoms with Crippen molar-refractivity contribution in [2.45, 2.75) is 31.4 Å². The summed E-state index contributed by atoms with van der Waals surface area (Å²) in [6, 6.07) is 19.3. The molecule has 35 heavy (non-hydrogen) atoms.